The minimum Gasteiger partial charge on any atom is -0.339 e. The largest absolute Gasteiger partial charge is 0.339 e. The molecule has 0 amide bonds. The van der Waals surface area contributed by atoms with Gasteiger partial charge < -0.3 is 5.84 Å². The molecule has 0 radical (unpaired) electrons. The normalized spacial score (nSPS) is 10.8. The van der Waals surface area contributed by atoms with Crippen LogP contribution in [0.25, 0.3) is 10.9 Å². The van der Waals surface area contributed by atoms with Crippen molar-refractivity contribution in [1.82, 2.24) is 4.68 Å². The van der Waals surface area contributed by atoms with Gasteiger partial charge in [-0.05, 0) is 23.6 Å². The molecule has 0 saturated heterocycles. The summed E-state index contributed by atoms with van der Waals surface area (Å²) in [6, 6.07) is 18.7. The second-order valence-corrected chi connectivity index (χ2v) is 4.24. The van der Waals surface area contributed by atoms with E-state index in [0.29, 0.717) is 0 Å². The zero-order valence-electron chi connectivity index (χ0n) is 9.51. The molecule has 0 aliphatic rings. The quantitative estimate of drug-likeness (QED) is 0.664. The van der Waals surface area contributed by atoms with E-state index in [1.165, 1.54) is 16.5 Å². The number of para-hydroxylation sites is 1. The van der Waals surface area contributed by atoms with Crippen molar-refractivity contribution < 1.29 is 0 Å². The topological polar surface area (TPSA) is 30.9 Å². The van der Waals surface area contributed by atoms with Crippen molar-refractivity contribution in [1.29, 1.82) is 0 Å². The van der Waals surface area contributed by atoms with Crippen LogP contribution in [-0.2, 0) is 6.42 Å². The second-order valence-electron chi connectivity index (χ2n) is 4.24. The van der Waals surface area contributed by atoms with Gasteiger partial charge in [0.15, 0.2) is 0 Å². The minimum absolute atomic E-state index is 0.922. The average Bonchev–Trinajstić information content (AvgIpc) is 2.69. The Hall–Kier alpha value is -2.22. The van der Waals surface area contributed by atoms with Gasteiger partial charge >= 0.3 is 0 Å². The van der Waals surface area contributed by atoms with E-state index >= 15 is 0 Å². The molecule has 0 bridgehead atoms. The predicted octanol–water partition coefficient (Wildman–Crippen LogP) is 2.95. The van der Waals surface area contributed by atoms with Crippen LogP contribution >= 0.6 is 0 Å². The zero-order valence-corrected chi connectivity index (χ0v) is 9.51. The predicted molar refractivity (Wildman–Crippen MR) is 71.3 cm³/mol. The van der Waals surface area contributed by atoms with Crippen LogP contribution in [0.15, 0.2) is 60.8 Å². The first-order valence-electron chi connectivity index (χ1n) is 5.72. The van der Waals surface area contributed by atoms with Crippen LogP contribution in [0, 0.1) is 0 Å². The van der Waals surface area contributed by atoms with E-state index in [-0.39, 0.29) is 0 Å². The molecule has 2 heteroatoms. The van der Waals surface area contributed by atoms with Crippen molar-refractivity contribution in [3.05, 3.63) is 71.9 Å². The molecule has 1 aromatic heterocycles. The molecule has 1 heterocycles. The van der Waals surface area contributed by atoms with E-state index in [1.54, 1.807) is 4.68 Å². The molecule has 3 aromatic rings. The highest BCUT2D eigenvalue weighted by Gasteiger charge is 2.06. The third-order valence-corrected chi connectivity index (χ3v) is 3.06. The Morgan fingerprint density at radius 1 is 0.882 bits per heavy atom. The summed E-state index contributed by atoms with van der Waals surface area (Å²) in [7, 11) is 0. The molecule has 84 valence electrons. The summed E-state index contributed by atoms with van der Waals surface area (Å²) in [6.45, 7) is 0. The lowest BCUT2D eigenvalue weighted by atomic mass is 10.0. The molecule has 0 spiro atoms. The lowest BCUT2D eigenvalue weighted by Crippen LogP contribution is -2.04. The van der Waals surface area contributed by atoms with Gasteiger partial charge in [-0.3, -0.25) is 4.68 Å². The Balaban J connectivity index is 2.07. The summed E-state index contributed by atoms with van der Waals surface area (Å²) in [4.78, 5) is 0. The highest BCUT2D eigenvalue weighted by Crippen LogP contribution is 2.21. The Kier molecular flexibility index (Phi) is 2.33. The van der Waals surface area contributed by atoms with E-state index in [0.717, 1.165) is 11.9 Å². The van der Waals surface area contributed by atoms with Crippen molar-refractivity contribution in [2.75, 3.05) is 5.84 Å². The third-order valence-electron chi connectivity index (χ3n) is 3.06. The van der Waals surface area contributed by atoms with E-state index in [2.05, 4.69) is 36.4 Å². The number of nitrogen functional groups attached to an aromatic ring is 1. The Bertz CT molecular complexity index is 638. The molecular weight excluding hydrogens is 208 g/mol. The second kappa shape index (κ2) is 3.98. The molecule has 2 aromatic carbocycles. The molecule has 2 nitrogen and oxygen atoms in total. The van der Waals surface area contributed by atoms with E-state index in [4.69, 9.17) is 5.84 Å². The SMILES string of the molecule is Nn1cc(Cc2ccccc2)c2ccccc21. The smallest absolute Gasteiger partial charge is 0.0693 e. The third kappa shape index (κ3) is 1.78. The van der Waals surface area contributed by atoms with Gasteiger partial charge in [-0.15, -0.1) is 0 Å². The molecule has 17 heavy (non-hydrogen) atoms. The minimum atomic E-state index is 0.922. The Labute approximate surface area is 100 Å². The Morgan fingerprint density at radius 3 is 2.41 bits per heavy atom. The first-order chi connectivity index (χ1) is 8.34. The lowest BCUT2D eigenvalue weighted by Gasteiger charge is -1.99. The zero-order chi connectivity index (χ0) is 11.7. The van der Waals surface area contributed by atoms with Crippen LogP contribution < -0.4 is 5.84 Å². The lowest BCUT2D eigenvalue weighted by molar-refractivity contribution is 1.05. The number of nitrogens with two attached hydrogens (primary N) is 1. The maximum Gasteiger partial charge on any atom is 0.0693 e. The number of fused-ring (bicyclic) bond motifs is 1. The van der Waals surface area contributed by atoms with Crippen LogP contribution in [-0.4, -0.2) is 4.68 Å². The highest BCUT2D eigenvalue weighted by molar-refractivity contribution is 5.84. The van der Waals surface area contributed by atoms with Crippen LogP contribution in [0.3, 0.4) is 0 Å². The summed E-state index contributed by atoms with van der Waals surface area (Å²) in [5.41, 5.74) is 3.66. The standard InChI is InChI=1S/C15H14N2/c16-17-11-13(10-12-6-2-1-3-7-12)14-8-4-5-9-15(14)17/h1-9,11H,10,16H2. The van der Waals surface area contributed by atoms with Crippen LogP contribution in [0.5, 0.6) is 0 Å². The monoisotopic (exact) mass is 222 g/mol. The van der Waals surface area contributed by atoms with Gasteiger partial charge in [0.1, 0.15) is 0 Å². The maximum atomic E-state index is 5.95. The van der Waals surface area contributed by atoms with Crippen LogP contribution in [0.1, 0.15) is 11.1 Å². The summed E-state index contributed by atoms with van der Waals surface area (Å²) < 4.78 is 1.70. The number of aromatic nitrogens is 1. The maximum absolute atomic E-state index is 5.95. The fraction of sp³-hybridized carbons (Fsp3) is 0.0667. The van der Waals surface area contributed by atoms with E-state index in [1.807, 2.05) is 24.4 Å². The number of nitrogens with zero attached hydrogens (tertiary/aromatic N) is 1. The van der Waals surface area contributed by atoms with Gasteiger partial charge in [0.25, 0.3) is 0 Å². The average molecular weight is 222 g/mol. The summed E-state index contributed by atoms with van der Waals surface area (Å²) in [6.07, 6.45) is 2.93. The molecular formula is C15H14N2. The number of hydrogen-bond acceptors (Lipinski definition) is 1. The Morgan fingerprint density at radius 2 is 1.59 bits per heavy atom. The molecule has 0 aliphatic carbocycles. The van der Waals surface area contributed by atoms with Crippen molar-refractivity contribution in [3.63, 3.8) is 0 Å². The van der Waals surface area contributed by atoms with Gasteiger partial charge in [0, 0.05) is 11.6 Å². The summed E-state index contributed by atoms with van der Waals surface area (Å²) in [5.74, 6) is 5.95. The van der Waals surface area contributed by atoms with Crippen molar-refractivity contribution in [3.8, 4) is 0 Å². The van der Waals surface area contributed by atoms with Crippen molar-refractivity contribution >= 4 is 10.9 Å². The number of benzene rings is 2. The molecule has 0 aliphatic heterocycles. The molecule has 0 fully saturated rings. The van der Waals surface area contributed by atoms with Crippen molar-refractivity contribution in [2.24, 2.45) is 0 Å². The van der Waals surface area contributed by atoms with Gasteiger partial charge in [0.05, 0.1) is 5.52 Å². The molecule has 3 rings (SSSR count). The van der Waals surface area contributed by atoms with Crippen LogP contribution in [0.2, 0.25) is 0 Å². The number of hydrogen-bond donors (Lipinski definition) is 1. The molecule has 0 saturated carbocycles. The summed E-state index contributed by atoms with van der Waals surface area (Å²) >= 11 is 0. The van der Waals surface area contributed by atoms with E-state index < -0.39 is 0 Å². The fourth-order valence-corrected chi connectivity index (χ4v) is 2.23. The highest BCUT2D eigenvalue weighted by atomic mass is 15.3. The number of rotatable bonds is 2. The van der Waals surface area contributed by atoms with E-state index in [9.17, 15) is 0 Å². The molecule has 0 unspecified atom stereocenters. The first-order valence-corrected chi connectivity index (χ1v) is 5.72. The van der Waals surface area contributed by atoms with Gasteiger partial charge in [-0.2, -0.15) is 0 Å². The molecule has 2 N–H and O–H groups in total. The van der Waals surface area contributed by atoms with Gasteiger partial charge in [0.2, 0.25) is 0 Å². The van der Waals surface area contributed by atoms with Gasteiger partial charge in [-0.25, -0.2) is 0 Å². The van der Waals surface area contributed by atoms with Gasteiger partial charge in [-0.1, -0.05) is 48.5 Å². The molecule has 0 atom stereocenters. The van der Waals surface area contributed by atoms with Crippen molar-refractivity contribution in [2.45, 2.75) is 6.42 Å². The first kappa shape index (κ1) is 9.97. The van der Waals surface area contributed by atoms with Crippen LogP contribution in [0.4, 0.5) is 0 Å². The fourth-order valence-electron chi connectivity index (χ4n) is 2.23. The summed E-state index contributed by atoms with van der Waals surface area (Å²) in [5, 5.41) is 1.24.